The first-order chi connectivity index (χ1) is 10.2. The van der Waals surface area contributed by atoms with Crippen LogP contribution in [0.5, 0.6) is 5.75 Å². The molecule has 1 amide bonds. The highest BCUT2D eigenvalue weighted by Gasteiger charge is 2.29. The molecule has 1 aliphatic heterocycles. The predicted molar refractivity (Wildman–Crippen MR) is 80.3 cm³/mol. The Morgan fingerprint density at radius 1 is 1.38 bits per heavy atom. The number of ether oxygens (including phenoxy) is 1. The van der Waals surface area contributed by atoms with Crippen LogP contribution in [-0.2, 0) is 0 Å². The minimum atomic E-state index is -0.00423. The number of nitrogens with zero attached hydrogens (tertiary/aromatic N) is 4. The molecule has 0 spiro atoms. The number of hydrogen-bond acceptors (Lipinski definition) is 4. The van der Waals surface area contributed by atoms with Crippen molar-refractivity contribution in [2.45, 2.75) is 12.5 Å². The van der Waals surface area contributed by atoms with Crippen LogP contribution in [-0.4, -0.2) is 46.0 Å². The third-order valence-corrected chi connectivity index (χ3v) is 4.31. The molecule has 2 heterocycles. The second-order valence-corrected chi connectivity index (χ2v) is 5.74. The van der Waals surface area contributed by atoms with E-state index in [1.807, 2.05) is 17.0 Å². The summed E-state index contributed by atoms with van der Waals surface area (Å²) in [6, 6.07) is 5.55. The van der Waals surface area contributed by atoms with Crippen molar-refractivity contribution in [2.24, 2.45) is 0 Å². The monoisotopic (exact) mass is 350 g/mol. The van der Waals surface area contributed by atoms with Crippen molar-refractivity contribution in [3.8, 4) is 5.75 Å². The van der Waals surface area contributed by atoms with Gasteiger partial charge in [-0.05, 0) is 40.5 Å². The zero-order valence-corrected chi connectivity index (χ0v) is 13.2. The second-order valence-electron chi connectivity index (χ2n) is 4.89. The molecule has 1 aliphatic rings. The Balaban J connectivity index is 1.77. The van der Waals surface area contributed by atoms with E-state index in [1.54, 1.807) is 30.4 Å². The van der Waals surface area contributed by atoms with Gasteiger partial charge in [0.05, 0.1) is 31.1 Å². The molecule has 7 heteroatoms. The second kappa shape index (κ2) is 5.85. The van der Waals surface area contributed by atoms with Gasteiger partial charge in [0, 0.05) is 17.6 Å². The van der Waals surface area contributed by atoms with Crippen molar-refractivity contribution in [1.82, 2.24) is 19.9 Å². The minimum Gasteiger partial charge on any atom is -0.497 e. The number of rotatable bonds is 3. The first-order valence-corrected chi connectivity index (χ1v) is 7.47. The molecule has 3 rings (SSSR count). The fourth-order valence-electron chi connectivity index (χ4n) is 2.49. The van der Waals surface area contributed by atoms with Gasteiger partial charge in [-0.15, -0.1) is 0 Å². The van der Waals surface area contributed by atoms with E-state index in [0.717, 1.165) is 10.9 Å². The van der Waals surface area contributed by atoms with E-state index in [-0.39, 0.29) is 11.9 Å². The van der Waals surface area contributed by atoms with E-state index in [1.165, 1.54) is 0 Å². The van der Waals surface area contributed by atoms with Crippen LogP contribution < -0.4 is 4.74 Å². The summed E-state index contributed by atoms with van der Waals surface area (Å²) in [5, 5.41) is 8.30. The van der Waals surface area contributed by atoms with Gasteiger partial charge in [0.2, 0.25) is 0 Å². The molecule has 110 valence electrons. The largest absolute Gasteiger partial charge is 0.497 e. The number of amides is 1. The van der Waals surface area contributed by atoms with Gasteiger partial charge in [0.25, 0.3) is 5.91 Å². The molecule has 0 N–H and O–H groups in total. The Kier molecular flexibility index (Phi) is 3.92. The molecule has 0 saturated carbocycles. The topological polar surface area (TPSA) is 60.2 Å². The molecule has 2 aromatic rings. The first kappa shape index (κ1) is 14.1. The van der Waals surface area contributed by atoms with Crippen LogP contribution in [0.2, 0.25) is 0 Å². The summed E-state index contributed by atoms with van der Waals surface area (Å²) < 4.78 is 5.96. The average Bonchev–Trinajstić information content (AvgIpc) is 3.18. The molecule has 6 nitrogen and oxygen atoms in total. The van der Waals surface area contributed by atoms with Gasteiger partial charge in [0.15, 0.2) is 0 Å². The first-order valence-electron chi connectivity index (χ1n) is 6.67. The van der Waals surface area contributed by atoms with Gasteiger partial charge in [-0.2, -0.15) is 15.0 Å². The lowest BCUT2D eigenvalue weighted by Gasteiger charge is -2.17. The highest BCUT2D eigenvalue weighted by atomic mass is 79.9. The van der Waals surface area contributed by atoms with Crippen LogP contribution in [0.15, 0.2) is 35.1 Å². The molecule has 0 bridgehead atoms. The molecule has 0 aliphatic carbocycles. The van der Waals surface area contributed by atoms with E-state index in [2.05, 4.69) is 26.1 Å². The summed E-state index contributed by atoms with van der Waals surface area (Å²) in [6.45, 7) is 1.33. The summed E-state index contributed by atoms with van der Waals surface area (Å²) >= 11 is 3.43. The zero-order chi connectivity index (χ0) is 14.8. The Labute approximate surface area is 130 Å². The summed E-state index contributed by atoms with van der Waals surface area (Å²) in [5.41, 5.74) is 0.614. The molecule has 1 saturated heterocycles. The van der Waals surface area contributed by atoms with Crippen LogP contribution in [0, 0.1) is 0 Å². The van der Waals surface area contributed by atoms with Crippen molar-refractivity contribution >= 4 is 21.8 Å². The van der Waals surface area contributed by atoms with Crippen molar-refractivity contribution in [3.63, 3.8) is 0 Å². The number of likely N-dealkylation sites (tertiary alicyclic amines) is 1. The number of methoxy groups -OCH3 is 1. The molecule has 1 fully saturated rings. The number of carbonyl (C=O) groups is 1. The van der Waals surface area contributed by atoms with Gasteiger partial charge in [0.1, 0.15) is 5.75 Å². The van der Waals surface area contributed by atoms with Crippen LogP contribution in [0.1, 0.15) is 22.8 Å². The maximum atomic E-state index is 12.6. The van der Waals surface area contributed by atoms with Crippen LogP contribution in [0.3, 0.4) is 0 Å². The lowest BCUT2D eigenvalue weighted by atomic mass is 10.2. The molecule has 1 unspecified atom stereocenters. The lowest BCUT2D eigenvalue weighted by Crippen LogP contribution is -2.29. The van der Waals surface area contributed by atoms with E-state index < -0.39 is 0 Å². The maximum absolute atomic E-state index is 12.6. The van der Waals surface area contributed by atoms with Gasteiger partial charge in [-0.1, -0.05) is 0 Å². The van der Waals surface area contributed by atoms with E-state index in [4.69, 9.17) is 4.74 Å². The summed E-state index contributed by atoms with van der Waals surface area (Å²) in [5.74, 6) is 0.668. The zero-order valence-electron chi connectivity index (χ0n) is 11.6. The summed E-state index contributed by atoms with van der Waals surface area (Å²) in [6.07, 6.45) is 4.17. The Morgan fingerprint density at radius 3 is 2.86 bits per heavy atom. The van der Waals surface area contributed by atoms with Crippen molar-refractivity contribution in [1.29, 1.82) is 0 Å². The number of hydrogen-bond donors (Lipinski definition) is 0. The van der Waals surface area contributed by atoms with Crippen molar-refractivity contribution < 1.29 is 9.53 Å². The highest BCUT2D eigenvalue weighted by Crippen LogP contribution is 2.27. The number of carbonyl (C=O) groups excluding carboxylic acids is 1. The molecule has 0 radical (unpaired) electrons. The molecule has 1 aromatic carbocycles. The molecule has 1 atom stereocenters. The number of benzene rings is 1. The van der Waals surface area contributed by atoms with Crippen LogP contribution in [0.25, 0.3) is 0 Å². The Bertz CT molecular complexity index is 644. The standard InChI is InChI=1S/C14H15BrN4O2/c1-21-11-2-3-13(15)12(8-11)14(20)18-7-4-10(9-18)19-16-5-6-17-19/h2-3,5-6,8,10H,4,7,9H2,1H3. The van der Waals surface area contributed by atoms with Crippen LogP contribution >= 0.6 is 15.9 Å². The van der Waals surface area contributed by atoms with Gasteiger partial charge >= 0.3 is 0 Å². The highest BCUT2D eigenvalue weighted by molar-refractivity contribution is 9.10. The summed E-state index contributed by atoms with van der Waals surface area (Å²) in [7, 11) is 1.59. The molecular weight excluding hydrogens is 336 g/mol. The van der Waals surface area contributed by atoms with Gasteiger partial charge in [-0.3, -0.25) is 4.79 Å². The Hall–Kier alpha value is -1.89. The van der Waals surface area contributed by atoms with Crippen molar-refractivity contribution in [3.05, 3.63) is 40.6 Å². The van der Waals surface area contributed by atoms with E-state index in [9.17, 15) is 4.79 Å². The fraction of sp³-hybridized carbons (Fsp3) is 0.357. The van der Waals surface area contributed by atoms with Gasteiger partial charge in [-0.25, -0.2) is 0 Å². The van der Waals surface area contributed by atoms with E-state index in [0.29, 0.717) is 24.4 Å². The van der Waals surface area contributed by atoms with E-state index >= 15 is 0 Å². The third kappa shape index (κ3) is 2.78. The van der Waals surface area contributed by atoms with Crippen molar-refractivity contribution in [2.75, 3.05) is 20.2 Å². The third-order valence-electron chi connectivity index (χ3n) is 3.62. The number of aromatic nitrogens is 3. The Morgan fingerprint density at radius 2 is 2.14 bits per heavy atom. The minimum absolute atomic E-state index is 0.00423. The fourth-order valence-corrected chi connectivity index (χ4v) is 2.91. The maximum Gasteiger partial charge on any atom is 0.255 e. The van der Waals surface area contributed by atoms with Crippen LogP contribution in [0.4, 0.5) is 0 Å². The molecular formula is C14H15BrN4O2. The SMILES string of the molecule is COc1ccc(Br)c(C(=O)N2CCC(n3nccn3)C2)c1. The quantitative estimate of drug-likeness (QED) is 0.850. The average molecular weight is 351 g/mol. The molecule has 21 heavy (non-hydrogen) atoms. The predicted octanol–water partition coefficient (Wildman–Crippen LogP) is 2.14. The van der Waals surface area contributed by atoms with Gasteiger partial charge < -0.3 is 9.64 Å². The smallest absolute Gasteiger partial charge is 0.255 e. The summed E-state index contributed by atoms with van der Waals surface area (Å²) in [4.78, 5) is 16.1. The number of halogens is 1. The normalized spacial score (nSPS) is 18.0. The lowest BCUT2D eigenvalue weighted by molar-refractivity contribution is 0.0785. The molecule has 1 aromatic heterocycles.